The molecule has 0 amide bonds. The van der Waals surface area contributed by atoms with Crippen LogP contribution in [0.2, 0.25) is 0 Å². The van der Waals surface area contributed by atoms with E-state index in [1.165, 1.54) is 31.2 Å². The van der Waals surface area contributed by atoms with E-state index < -0.39 is 0 Å². The van der Waals surface area contributed by atoms with Crippen LogP contribution in [0.15, 0.2) is 42.5 Å². The predicted molar refractivity (Wildman–Crippen MR) is 61.2 cm³/mol. The van der Waals surface area contributed by atoms with Crippen LogP contribution in [-0.2, 0) is 6.42 Å². The van der Waals surface area contributed by atoms with E-state index in [2.05, 4.69) is 42.5 Å². The van der Waals surface area contributed by atoms with Crippen LogP contribution in [0.25, 0.3) is 0 Å². The Morgan fingerprint density at radius 2 is 1.79 bits per heavy atom. The lowest BCUT2D eigenvalue weighted by Crippen LogP contribution is -1.86. The summed E-state index contributed by atoms with van der Waals surface area (Å²) in [5, 5.41) is 0. The van der Waals surface area contributed by atoms with Crippen molar-refractivity contribution in [3.05, 3.63) is 48.0 Å². The van der Waals surface area contributed by atoms with E-state index in [4.69, 9.17) is 0 Å². The van der Waals surface area contributed by atoms with Crippen molar-refractivity contribution in [2.75, 3.05) is 0 Å². The fraction of sp³-hybridized carbons (Fsp3) is 0.429. The highest BCUT2D eigenvalue weighted by atomic mass is 14.2. The Labute approximate surface area is 86.7 Å². The zero-order valence-corrected chi connectivity index (χ0v) is 8.65. The van der Waals surface area contributed by atoms with Gasteiger partial charge >= 0.3 is 0 Å². The van der Waals surface area contributed by atoms with Crippen LogP contribution in [0.3, 0.4) is 0 Å². The fourth-order valence-corrected chi connectivity index (χ4v) is 2.16. The first-order valence-electron chi connectivity index (χ1n) is 5.66. The summed E-state index contributed by atoms with van der Waals surface area (Å²) in [4.78, 5) is 0. The SMILES string of the molecule is C(=C\C1CCCC1)/Cc1ccccc1. The lowest BCUT2D eigenvalue weighted by atomic mass is 10.1. The molecule has 1 aromatic rings. The Kier molecular flexibility index (Phi) is 3.39. The first-order chi connectivity index (χ1) is 6.95. The van der Waals surface area contributed by atoms with Gasteiger partial charge in [-0.05, 0) is 30.7 Å². The van der Waals surface area contributed by atoms with Crippen molar-refractivity contribution in [3.63, 3.8) is 0 Å². The fourth-order valence-electron chi connectivity index (χ4n) is 2.16. The van der Waals surface area contributed by atoms with Crippen LogP contribution in [0, 0.1) is 5.92 Å². The minimum absolute atomic E-state index is 0.874. The van der Waals surface area contributed by atoms with Gasteiger partial charge in [0.15, 0.2) is 0 Å². The summed E-state index contributed by atoms with van der Waals surface area (Å²) in [7, 11) is 0. The Morgan fingerprint density at radius 1 is 1.07 bits per heavy atom. The van der Waals surface area contributed by atoms with E-state index in [0.717, 1.165) is 12.3 Å². The number of benzene rings is 1. The van der Waals surface area contributed by atoms with Crippen LogP contribution in [0.1, 0.15) is 31.2 Å². The Bertz CT molecular complexity index is 278. The minimum atomic E-state index is 0.874. The largest absolute Gasteiger partial charge is 0.0851 e. The van der Waals surface area contributed by atoms with Crippen molar-refractivity contribution in [2.24, 2.45) is 5.92 Å². The minimum Gasteiger partial charge on any atom is -0.0851 e. The Balaban J connectivity index is 1.81. The number of hydrogen-bond acceptors (Lipinski definition) is 0. The van der Waals surface area contributed by atoms with Crippen LogP contribution in [0.4, 0.5) is 0 Å². The van der Waals surface area contributed by atoms with Crippen LogP contribution in [0.5, 0.6) is 0 Å². The second kappa shape index (κ2) is 4.99. The zero-order valence-electron chi connectivity index (χ0n) is 8.65. The topological polar surface area (TPSA) is 0 Å². The summed E-state index contributed by atoms with van der Waals surface area (Å²) in [6.45, 7) is 0. The van der Waals surface area contributed by atoms with Gasteiger partial charge in [-0.1, -0.05) is 55.3 Å². The maximum Gasteiger partial charge on any atom is -0.00974 e. The quantitative estimate of drug-likeness (QED) is 0.626. The molecule has 2 rings (SSSR count). The monoisotopic (exact) mass is 186 g/mol. The van der Waals surface area contributed by atoms with Crippen molar-refractivity contribution < 1.29 is 0 Å². The normalized spacial score (nSPS) is 18.0. The number of rotatable bonds is 3. The molecule has 0 spiro atoms. The summed E-state index contributed by atoms with van der Waals surface area (Å²) in [5.74, 6) is 0.874. The lowest BCUT2D eigenvalue weighted by molar-refractivity contribution is 0.684. The molecule has 0 atom stereocenters. The third-order valence-electron chi connectivity index (χ3n) is 3.00. The highest BCUT2D eigenvalue weighted by Crippen LogP contribution is 2.25. The molecule has 0 aromatic heterocycles. The summed E-state index contributed by atoms with van der Waals surface area (Å²) >= 11 is 0. The van der Waals surface area contributed by atoms with Gasteiger partial charge in [-0.15, -0.1) is 0 Å². The summed E-state index contributed by atoms with van der Waals surface area (Å²) < 4.78 is 0. The van der Waals surface area contributed by atoms with Gasteiger partial charge in [0.25, 0.3) is 0 Å². The van der Waals surface area contributed by atoms with E-state index in [1.807, 2.05) is 0 Å². The zero-order chi connectivity index (χ0) is 9.64. The summed E-state index contributed by atoms with van der Waals surface area (Å²) in [5.41, 5.74) is 1.42. The van der Waals surface area contributed by atoms with E-state index in [9.17, 15) is 0 Å². The van der Waals surface area contributed by atoms with Gasteiger partial charge in [-0.2, -0.15) is 0 Å². The van der Waals surface area contributed by atoms with Gasteiger partial charge in [0.2, 0.25) is 0 Å². The average molecular weight is 186 g/mol. The molecule has 0 aliphatic heterocycles. The molecule has 0 heterocycles. The predicted octanol–water partition coefficient (Wildman–Crippen LogP) is 3.98. The van der Waals surface area contributed by atoms with Crippen molar-refractivity contribution in [1.82, 2.24) is 0 Å². The van der Waals surface area contributed by atoms with E-state index >= 15 is 0 Å². The molecule has 1 fully saturated rings. The maximum absolute atomic E-state index is 2.42. The molecule has 1 aromatic carbocycles. The third-order valence-corrected chi connectivity index (χ3v) is 3.00. The molecule has 0 bridgehead atoms. The second-order valence-corrected chi connectivity index (χ2v) is 4.16. The van der Waals surface area contributed by atoms with Gasteiger partial charge in [-0.25, -0.2) is 0 Å². The average Bonchev–Trinajstić information content (AvgIpc) is 2.72. The Morgan fingerprint density at radius 3 is 2.50 bits per heavy atom. The second-order valence-electron chi connectivity index (χ2n) is 4.16. The molecule has 1 aliphatic carbocycles. The van der Waals surface area contributed by atoms with Crippen LogP contribution in [-0.4, -0.2) is 0 Å². The van der Waals surface area contributed by atoms with Crippen molar-refractivity contribution >= 4 is 0 Å². The highest BCUT2D eigenvalue weighted by molar-refractivity contribution is 5.17. The van der Waals surface area contributed by atoms with E-state index in [0.29, 0.717) is 0 Å². The molecule has 0 nitrogen and oxygen atoms in total. The smallest absolute Gasteiger partial charge is 0.00974 e. The number of allylic oxidation sites excluding steroid dienone is 2. The molecule has 1 saturated carbocycles. The van der Waals surface area contributed by atoms with Crippen LogP contribution < -0.4 is 0 Å². The molecule has 0 saturated heterocycles. The maximum atomic E-state index is 2.42. The van der Waals surface area contributed by atoms with Crippen molar-refractivity contribution in [2.45, 2.75) is 32.1 Å². The van der Waals surface area contributed by atoms with Gasteiger partial charge < -0.3 is 0 Å². The molecule has 0 N–H and O–H groups in total. The molecule has 14 heavy (non-hydrogen) atoms. The molecule has 74 valence electrons. The molecule has 0 unspecified atom stereocenters. The van der Waals surface area contributed by atoms with E-state index in [1.54, 1.807) is 0 Å². The van der Waals surface area contributed by atoms with Crippen molar-refractivity contribution in [1.29, 1.82) is 0 Å². The standard InChI is InChI=1S/C14H18/c1-2-7-13(8-3-1)11-6-12-14-9-4-5-10-14/h1-3,6-8,12,14H,4-5,9-11H2/b12-6+. The van der Waals surface area contributed by atoms with Gasteiger partial charge in [0.1, 0.15) is 0 Å². The van der Waals surface area contributed by atoms with E-state index in [-0.39, 0.29) is 0 Å². The van der Waals surface area contributed by atoms with Gasteiger partial charge in [0.05, 0.1) is 0 Å². The van der Waals surface area contributed by atoms with Crippen molar-refractivity contribution in [3.8, 4) is 0 Å². The first-order valence-corrected chi connectivity index (χ1v) is 5.66. The molecule has 0 radical (unpaired) electrons. The van der Waals surface area contributed by atoms with Crippen LogP contribution >= 0.6 is 0 Å². The van der Waals surface area contributed by atoms with Gasteiger partial charge in [0, 0.05) is 0 Å². The molecule has 1 aliphatic rings. The number of hydrogen-bond donors (Lipinski definition) is 0. The Hall–Kier alpha value is -1.04. The molecule has 0 heteroatoms. The van der Waals surface area contributed by atoms with Gasteiger partial charge in [-0.3, -0.25) is 0 Å². The molecular formula is C14H18. The summed E-state index contributed by atoms with van der Waals surface area (Å²) in [6, 6.07) is 10.7. The highest BCUT2D eigenvalue weighted by Gasteiger charge is 2.10. The third kappa shape index (κ3) is 2.73. The first kappa shape index (κ1) is 9.51. The lowest BCUT2D eigenvalue weighted by Gasteiger charge is -2.00. The summed E-state index contributed by atoms with van der Waals surface area (Å²) in [6.07, 6.45) is 11.5. The molecular weight excluding hydrogens is 168 g/mol.